The molecule has 0 heterocycles. The summed E-state index contributed by atoms with van der Waals surface area (Å²) in [4.78, 5) is 0. The van der Waals surface area contributed by atoms with Crippen molar-refractivity contribution in [3.05, 3.63) is 22.3 Å². The Morgan fingerprint density at radius 3 is 0.667 bits per heavy atom. The largest absolute Gasteiger partial charge is 0.394 e. The molecule has 0 amide bonds. The summed E-state index contributed by atoms with van der Waals surface area (Å²) in [6.07, 6.45) is -0.333. The third kappa shape index (κ3) is 2280. The topological polar surface area (TPSA) is 40.5 Å². The van der Waals surface area contributed by atoms with Crippen LogP contribution in [0.2, 0.25) is 0 Å². The van der Waals surface area contributed by atoms with Crippen molar-refractivity contribution in [2.45, 2.75) is 39.9 Å². The van der Waals surface area contributed by atoms with E-state index in [0.717, 1.165) is 0 Å². The van der Waals surface area contributed by atoms with Crippen molar-refractivity contribution in [1.29, 1.82) is 0 Å². The number of aliphatic hydroxyl groups excluding tert-OH is 2. The van der Waals surface area contributed by atoms with Crippen LogP contribution in [0, 0.1) is 22.3 Å². The van der Waals surface area contributed by atoms with Gasteiger partial charge in [-0.1, -0.05) is 0 Å². The van der Waals surface area contributed by atoms with E-state index >= 15 is 0 Å². The molecule has 0 aliphatic heterocycles. The zero-order valence-electron chi connectivity index (χ0n) is 9.50. The molecule has 0 aliphatic rings. The SMILES string of the molecule is CC(C)O.CC(C)O.[CH3-].[CH3-].[CH3-].[Ta]. The first-order chi connectivity index (χ1) is 3.46. The molecular formula is C9H25O2Ta-3. The molecule has 0 aromatic carbocycles. The van der Waals surface area contributed by atoms with Gasteiger partial charge in [-0.25, -0.2) is 0 Å². The van der Waals surface area contributed by atoms with Crippen LogP contribution in [0.5, 0.6) is 0 Å². The molecule has 2 nitrogen and oxygen atoms in total. The molecule has 12 heavy (non-hydrogen) atoms. The molecule has 0 unspecified atom stereocenters. The van der Waals surface area contributed by atoms with Gasteiger partial charge in [0.15, 0.2) is 0 Å². The first-order valence-corrected chi connectivity index (χ1v) is 2.83. The Kier molecular flexibility index (Phi) is 96.6. The fraction of sp³-hybridized carbons (Fsp3) is 0.667. The van der Waals surface area contributed by atoms with E-state index < -0.39 is 0 Å². The third-order valence-electron chi connectivity index (χ3n) is 0. The normalized spacial score (nSPS) is 6.00. The molecule has 3 heteroatoms. The summed E-state index contributed by atoms with van der Waals surface area (Å²) in [5.41, 5.74) is 0. The summed E-state index contributed by atoms with van der Waals surface area (Å²) in [7, 11) is 0. The minimum Gasteiger partial charge on any atom is -0.394 e. The van der Waals surface area contributed by atoms with Crippen molar-refractivity contribution in [2.75, 3.05) is 0 Å². The van der Waals surface area contributed by atoms with E-state index in [4.69, 9.17) is 10.2 Å². The average molecular weight is 346 g/mol. The van der Waals surface area contributed by atoms with Gasteiger partial charge in [0.25, 0.3) is 0 Å². The molecule has 0 saturated heterocycles. The van der Waals surface area contributed by atoms with Gasteiger partial charge in [-0.05, 0) is 27.7 Å². The molecule has 2 N–H and O–H groups in total. The van der Waals surface area contributed by atoms with E-state index in [-0.39, 0.29) is 56.9 Å². The van der Waals surface area contributed by atoms with Gasteiger partial charge < -0.3 is 32.5 Å². The summed E-state index contributed by atoms with van der Waals surface area (Å²) in [5, 5.41) is 16.1. The molecule has 0 rings (SSSR count). The van der Waals surface area contributed by atoms with Crippen LogP contribution >= 0.6 is 0 Å². The zero-order valence-corrected chi connectivity index (χ0v) is 12.7. The third-order valence-corrected chi connectivity index (χ3v) is 0. The van der Waals surface area contributed by atoms with Gasteiger partial charge in [-0.2, -0.15) is 0 Å². The summed E-state index contributed by atoms with van der Waals surface area (Å²) >= 11 is 0. The molecule has 0 bridgehead atoms. The van der Waals surface area contributed by atoms with Crippen LogP contribution in [-0.2, 0) is 22.4 Å². The van der Waals surface area contributed by atoms with Crippen LogP contribution in [-0.4, -0.2) is 22.4 Å². The van der Waals surface area contributed by atoms with Crippen molar-refractivity contribution in [3.63, 3.8) is 0 Å². The minimum absolute atomic E-state index is 0. The van der Waals surface area contributed by atoms with Crippen molar-refractivity contribution >= 4 is 0 Å². The maximum atomic E-state index is 8.06. The molecule has 0 saturated carbocycles. The predicted molar refractivity (Wildman–Crippen MR) is 54.0 cm³/mol. The van der Waals surface area contributed by atoms with Crippen molar-refractivity contribution in [2.24, 2.45) is 0 Å². The maximum Gasteiger partial charge on any atom is 0.0483 e. The van der Waals surface area contributed by atoms with Crippen molar-refractivity contribution in [3.8, 4) is 0 Å². The first-order valence-electron chi connectivity index (χ1n) is 2.83. The van der Waals surface area contributed by atoms with Gasteiger partial charge in [-0.3, -0.25) is 0 Å². The first kappa shape index (κ1) is 38.8. The molecule has 0 aromatic rings. The molecule has 81 valence electrons. The van der Waals surface area contributed by atoms with Crippen LogP contribution in [0.15, 0.2) is 0 Å². The van der Waals surface area contributed by atoms with Gasteiger partial charge >= 0.3 is 0 Å². The Balaban J connectivity index is -0.0000000112. The van der Waals surface area contributed by atoms with E-state index in [1.807, 2.05) is 0 Å². The average Bonchev–Trinajstić information content (AvgIpc) is 1.25. The van der Waals surface area contributed by atoms with E-state index in [1.165, 1.54) is 0 Å². The second-order valence-electron chi connectivity index (χ2n) is 2.19. The Bertz CT molecular complexity index is 28.0. The molecular weight excluding hydrogens is 321 g/mol. The molecule has 0 atom stereocenters. The summed E-state index contributed by atoms with van der Waals surface area (Å²) in [6.45, 7) is 6.89. The molecule has 0 aliphatic carbocycles. The molecule has 0 aromatic heterocycles. The monoisotopic (exact) mass is 346 g/mol. The molecule has 0 fully saturated rings. The maximum absolute atomic E-state index is 8.06. The molecule has 1 radical (unpaired) electrons. The number of hydrogen-bond acceptors (Lipinski definition) is 2. The summed E-state index contributed by atoms with van der Waals surface area (Å²) in [5.74, 6) is 0. The van der Waals surface area contributed by atoms with E-state index in [1.54, 1.807) is 27.7 Å². The fourth-order valence-electron chi connectivity index (χ4n) is 0. The minimum atomic E-state index is -0.167. The van der Waals surface area contributed by atoms with Crippen LogP contribution in [0.4, 0.5) is 0 Å². The molecule has 0 spiro atoms. The van der Waals surface area contributed by atoms with Gasteiger partial charge in [0.2, 0.25) is 0 Å². The Labute approximate surface area is 94.9 Å². The summed E-state index contributed by atoms with van der Waals surface area (Å²) in [6, 6.07) is 0. The van der Waals surface area contributed by atoms with Crippen LogP contribution in [0.25, 0.3) is 0 Å². The van der Waals surface area contributed by atoms with E-state index in [0.29, 0.717) is 0 Å². The van der Waals surface area contributed by atoms with Crippen molar-refractivity contribution < 1.29 is 32.6 Å². The Hall–Kier alpha value is 0.660. The fourth-order valence-corrected chi connectivity index (χ4v) is 0. The Morgan fingerprint density at radius 2 is 0.667 bits per heavy atom. The zero-order chi connectivity index (χ0) is 7.15. The van der Waals surface area contributed by atoms with Crippen LogP contribution in [0.3, 0.4) is 0 Å². The van der Waals surface area contributed by atoms with Crippen molar-refractivity contribution in [1.82, 2.24) is 0 Å². The quantitative estimate of drug-likeness (QED) is 0.660. The van der Waals surface area contributed by atoms with Crippen LogP contribution in [0.1, 0.15) is 27.7 Å². The second-order valence-corrected chi connectivity index (χ2v) is 2.19. The number of aliphatic hydroxyl groups is 2. The summed E-state index contributed by atoms with van der Waals surface area (Å²) < 4.78 is 0. The van der Waals surface area contributed by atoms with Gasteiger partial charge in [0.05, 0.1) is 0 Å². The van der Waals surface area contributed by atoms with Gasteiger partial charge in [0.1, 0.15) is 0 Å². The Morgan fingerprint density at radius 1 is 0.667 bits per heavy atom. The van der Waals surface area contributed by atoms with E-state index in [9.17, 15) is 0 Å². The second kappa shape index (κ2) is 29.9. The van der Waals surface area contributed by atoms with E-state index in [2.05, 4.69) is 0 Å². The number of rotatable bonds is 0. The van der Waals surface area contributed by atoms with Gasteiger partial charge in [-0.15, -0.1) is 0 Å². The van der Waals surface area contributed by atoms with Crippen LogP contribution < -0.4 is 0 Å². The van der Waals surface area contributed by atoms with Gasteiger partial charge in [0, 0.05) is 34.6 Å². The smallest absolute Gasteiger partial charge is 0.0483 e. The predicted octanol–water partition coefficient (Wildman–Crippen LogP) is 2.12. The number of hydrogen-bond donors (Lipinski definition) is 2. The standard InChI is InChI=1S/2C3H8O.3CH3.Ta/c2*1-3(2)4;;;;/h2*3-4H,1-2H3;3*1H3;/q;;3*-1;.